The third-order valence-electron chi connectivity index (χ3n) is 3.94. The highest BCUT2D eigenvalue weighted by atomic mass is 32.1. The van der Waals surface area contributed by atoms with Gasteiger partial charge < -0.3 is 4.42 Å². The molecule has 3 aromatic rings. The molecule has 4 heterocycles. The second-order valence-corrected chi connectivity index (χ2v) is 6.52. The van der Waals surface area contributed by atoms with Crippen LogP contribution >= 0.6 is 11.3 Å². The minimum Gasteiger partial charge on any atom is -0.463 e. The standard InChI is InChI=1S/C17H14N4O3S/c22-16-5-6-18-11-20(16)10-17(23)21-13(15-4-2-8-25-15)9-12(19-21)14-3-1-7-24-14/h1-8,11,13H,9-10H2/t13-/m1/s1. The van der Waals surface area contributed by atoms with E-state index in [4.69, 9.17) is 4.42 Å². The zero-order valence-corrected chi connectivity index (χ0v) is 13.9. The lowest BCUT2D eigenvalue weighted by atomic mass is 10.1. The van der Waals surface area contributed by atoms with E-state index < -0.39 is 0 Å². The quantitative estimate of drug-likeness (QED) is 0.720. The lowest BCUT2D eigenvalue weighted by Crippen LogP contribution is -2.33. The van der Waals surface area contributed by atoms with E-state index in [1.807, 2.05) is 23.6 Å². The molecule has 126 valence electrons. The highest BCUT2D eigenvalue weighted by Crippen LogP contribution is 2.35. The lowest BCUT2D eigenvalue weighted by molar-refractivity contribution is -0.133. The maximum atomic E-state index is 12.8. The van der Waals surface area contributed by atoms with Gasteiger partial charge in [0.2, 0.25) is 0 Å². The summed E-state index contributed by atoms with van der Waals surface area (Å²) in [4.78, 5) is 29.6. The van der Waals surface area contributed by atoms with E-state index in [2.05, 4.69) is 10.1 Å². The predicted octanol–water partition coefficient (Wildman–Crippen LogP) is 2.28. The van der Waals surface area contributed by atoms with Gasteiger partial charge in [0.25, 0.3) is 11.5 Å². The van der Waals surface area contributed by atoms with Gasteiger partial charge in [0.15, 0.2) is 0 Å². The van der Waals surface area contributed by atoms with Crippen molar-refractivity contribution in [2.45, 2.75) is 19.0 Å². The molecule has 0 fully saturated rings. The van der Waals surface area contributed by atoms with Gasteiger partial charge in [-0.3, -0.25) is 14.2 Å². The van der Waals surface area contributed by atoms with Crippen LogP contribution in [-0.4, -0.2) is 26.2 Å². The summed E-state index contributed by atoms with van der Waals surface area (Å²) in [6.07, 6.45) is 4.91. The Kier molecular flexibility index (Phi) is 4.02. The first-order valence-corrected chi connectivity index (χ1v) is 8.57. The molecule has 8 heteroatoms. The van der Waals surface area contributed by atoms with Gasteiger partial charge >= 0.3 is 0 Å². The molecule has 1 amide bonds. The Morgan fingerprint density at radius 1 is 1.32 bits per heavy atom. The number of furan rings is 1. The molecule has 0 bridgehead atoms. The lowest BCUT2D eigenvalue weighted by Gasteiger charge is -2.20. The third kappa shape index (κ3) is 3.03. The molecule has 0 aromatic carbocycles. The van der Waals surface area contributed by atoms with Crippen molar-refractivity contribution >= 4 is 23.0 Å². The van der Waals surface area contributed by atoms with Gasteiger partial charge in [-0.05, 0) is 23.6 Å². The average molecular weight is 354 g/mol. The number of nitrogens with zero attached hydrogens (tertiary/aromatic N) is 4. The molecule has 1 atom stereocenters. The summed E-state index contributed by atoms with van der Waals surface area (Å²) >= 11 is 1.57. The Morgan fingerprint density at radius 2 is 2.24 bits per heavy atom. The van der Waals surface area contributed by atoms with Gasteiger partial charge in [-0.1, -0.05) is 6.07 Å². The first-order chi connectivity index (χ1) is 12.2. The van der Waals surface area contributed by atoms with Crippen molar-refractivity contribution in [2.24, 2.45) is 5.10 Å². The van der Waals surface area contributed by atoms with E-state index in [1.165, 1.54) is 28.2 Å². The molecule has 7 nitrogen and oxygen atoms in total. The first-order valence-electron chi connectivity index (χ1n) is 7.69. The fourth-order valence-corrected chi connectivity index (χ4v) is 3.56. The van der Waals surface area contributed by atoms with Gasteiger partial charge in [-0.15, -0.1) is 11.3 Å². The van der Waals surface area contributed by atoms with Crippen LogP contribution in [0, 0.1) is 0 Å². The van der Waals surface area contributed by atoms with Crippen molar-refractivity contribution < 1.29 is 9.21 Å². The average Bonchev–Trinajstić information content (AvgIpc) is 3.36. The van der Waals surface area contributed by atoms with Crippen molar-refractivity contribution in [3.63, 3.8) is 0 Å². The van der Waals surface area contributed by atoms with Crippen molar-refractivity contribution in [2.75, 3.05) is 0 Å². The number of rotatable bonds is 4. The van der Waals surface area contributed by atoms with Crippen LogP contribution in [0.2, 0.25) is 0 Å². The summed E-state index contributed by atoms with van der Waals surface area (Å²) in [6, 6.07) is 8.67. The molecule has 4 rings (SSSR count). The topological polar surface area (TPSA) is 80.7 Å². The Morgan fingerprint density at radius 3 is 2.96 bits per heavy atom. The molecular formula is C17H14N4O3S. The van der Waals surface area contributed by atoms with Crippen molar-refractivity contribution in [1.29, 1.82) is 0 Å². The smallest absolute Gasteiger partial charge is 0.263 e. The number of hydrogen-bond donors (Lipinski definition) is 0. The molecule has 1 aliphatic rings. The molecule has 25 heavy (non-hydrogen) atoms. The monoisotopic (exact) mass is 354 g/mol. The Bertz CT molecular complexity index is 960. The molecule has 0 saturated heterocycles. The molecular weight excluding hydrogens is 340 g/mol. The largest absolute Gasteiger partial charge is 0.463 e. The van der Waals surface area contributed by atoms with Gasteiger partial charge in [-0.2, -0.15) is 5.10 Å². The molecule has 0 unspecified atom stereocenters. The van der Waals surface area contributed by atoms with Crippen LogP contribution in [0.3, 0.4) is 0 Å². The van der Waals surface area contributed by atoms with E-state index in [1.54, 1.807) is 23.7 Å². The fourth-order valence-electron chi connectivity index (χ4n) is 2.75. The van der Waals surface area contributed by atoms with Crippen molar-refractivity contribution in [3.05, 3.63) is 75.5 Å². The highest BCUT2D eigenvalue weighted by molar-refractivity contribution is 7.10. The van der Waals surface area contributed by atoms with Gasteiger partial charge in [0, 0.05) is 23.6 Å². The molecule has 0 N–H and O–H groups in total. The van der Waals surface area contributed by atoms with Crippen LogP contribution in [-0.2, 0) is 11.3 Å². The zero-order chi connectivity index (χ0) is 17.2. The summed E-state index contributed by atoms with van der Waals surface area (Å²) in [6.45, 7) is -0.108. The molecule has 0 aliphatic carbocycles. The van der Waals surface area contributed by atoms with Crippen molar-refractivity contribution in [3.8, 4) is 0 Å². The maximum absolute atomic E-state index is 12.8. The van der Waals surface area contributed by atoms with Gasteiger partial charge in [0.1, 0.15) is 18.0 Å². The Hall–Kier alpha value is -3.00. The van der Waals surface area contributed by atoms with Crippen LogP contribution in [0.4, 0.5) is 0 Å². The number of aromatic nitrogens is 2. The number of thiophene rings is 1. The second-order valence-electron chi connectivity index (χ2n) is 5.54. The summed E-state index contributed by atoms with van der Waals surface area (Å²) < 4.78 is 6.69. The predicted molar refractivity (Wildman–Crippen MR) is 92.3 cm³/mol. The molecule has 0 saturated carbocycles. The van der Waals surface area contributed by atoms with E-state index in [9.17, 15) is 9.59 Å². The van der Waals surface area contributed by atoms with Crippen LogP contribution in [0.1, 0.15) is 23.1 Å². The minimum absolute atomic E-state index is 0.108. The normalized spacial score (nSPS) is 16.9. The van der Waals surface area contributed by atoms with Gasteiger partial charge in [0.05, 0.1) is 18.6 Å². The summed E-state index contributed by atoms with van der Waals surface area (Å²) in [7, 11) is 0. The first kappa shape index (κ1) is 15.5. The number of hydrogen-bond acceptors (Lipinski definition) is 6. The van der Waals surface area contributed by atoms with Crippen LogP contribution in [0.5, 0.6) is 0 Å². The van der Waals surface area contributed by atoms with Crippen molar-refractivity contribution in [1.82, 2.24) is 14.6 Å². The molecule has 0 radical (unpaired) electrons. The number of hydrazone groups is 1. The molecule has 1 aliphatic heterocycles. The number of carbonyl (C=O) groups excluding carboxylic acids is 1. The summed E-state index contributed by atoms with van der Waals surface area (Å²) in [5, 5.41) is 7.89. The Labute approximate surface area is 146 Å². The van der Waals surface area contributed by atoms with Crippen LogP contribution < -0.4 is 5.56 Å². The number of carbonyl (C=O) groups is 1. The Balaban J connectivity index is 1.64. The summed E-state index contributed by atoms with van der Waals surface area (Å²) in [5.41, 5.74) is 0.445. The van der Waals surface area contributed by atoms with Gasteiger partial charge in [-0.25, -0.2) is 9.99 Å². The van der Waals surface area contributed by atoms with Crippen LogP contribution in [0.15, 0.2) is 68.8 Å². The minimum atomic E-state index is -0.273. The maximum Gasteiger partial charge on any atom is 0.263 e. The van der Waals surface area contributed by atoms with Crippen LogP contribution in [0.25, 0.3) is 0 Å². The zero-order valence-electron chi connectivity index (χ0n) is 13.1. The highest BCUT2D eigenvalue weighted by Gasteiger charge is 2.34. The summed E-state index contributed by atoms with van der Waals surface area (Å²) in [5.74, 6) is 0.380. The molecule has 0 spiro atoms. The van der Waals surface area contributed by atoms with E-state index in [0.717, 1.165) is 10.6 Å². The second kappa shape index (κ2) is 6.48. The van der Waals surface area contributed by atoms with E-state index >= 15 is 0 Å². The van der Waals surface area contributed by atoms with E-state index in [0.29, 0.717) is 12.2 Å². The fraction of sp³-hybridized carbons (Fsp3) is 0.176. The van der Waals surface area contributed by atoms with E-state index in [-0.39, 0.29) is 24.1 Å². The molecule has 3 aromatic heterocycles. The number of amides is 1. The third-order valence-corrected chi connectivity index (χ3v) is 4.91. The SMILES string of the molecule is O=C(Cn1cnccc1=O)N1N=C(c2ccco2)C[C@@H]1c1cccs1.